The van der Waals surface area contributed by atoms with E-state index in [0.717, 1.165) is 5.92 Å². The number of carbonyl (C=O) groups excluding carboxylic acids is 1. The third-order valence-corrected chi connectivity index (χ3v) is 8.56. The smallest absolute Gasteiger partial charge is 0.225 e. The molecule has 1 aliphatic rings. The van der Waals surface area contributed by atoms with E-state index in [1.165, 1.54) is 62.3 Å². The zero-order valence-corrected chi connectivity index (χ0v) is 26.7. The van der Waals surface area contributed by atoms with Gasteiger partial charge >= 0.3 is 0 Å². The summed E-state index contributed by atoms with van der Waals surface area (Å²) >= 11 is 7.31. The highest BCUT2D eigenvalue weighted by Crippen LogP contribution is 2.39. The van der Waals surface area contributed by atoms with Crippen LogP contribution in [0, 0.1) is 17.2 Å². The van der Waals surface area contributed by atoms with Crippen molar-refractivity contribution < 1.29 is 14.3 Å². The van der Waals surface area contributed by atoms with Gasteiger partial charge in [0.15, 0.2) is 0 Å². The molecule has 0 bridgehead atoms. The van der Waals surface area contributed by atoms with E-state index in [9.17, 15) is 9.18 Å². The van der Waals surface area contributed by atoms with E-state index in [1.807, 2.05) is 0 Å². The van der Waals surface area contributed by atoms with E-state index < -0.39 is 5.82 Å². The maximum absolute atomic E-state index is 14.3. The fourth-order valence-corrected chi connectivity index (χ4v) is 5.81. The number of amides is 1. The van der Waals surface area contributed by atoms with Gasteiger partial charge in [-0.2, -0.15) is 0 Å². The fourth-order valence-electron chi connectivity index (χ4n) is 4.99. The van der Waals surface area contributed by atoms with Crippen molar-refractivity contribution in [3.05, 3.63) is 53.4 Å². The van der Waals surface area contributed by atoms with Crippen LogP contribution in [0.4, 0.5) is 21.6 Å². The maximum Gasteiger partial charge on any atom is 0.225 e. The molecule has 1 aliphatic heterocycles. The van der Waals surface area contributed by atoms with E-state index in [1.54, 1.807) is 31.3 Å². The van der Waals surface area contributed by atoms with Gasteiger partial charge in [-0.05, 0) is 61.6 Å². The molecule has 11 heteroatoms. The second-order valence-electron chi connectivity index (χ2n) is 10.8. The number of aromatic nitrogens is 3. The molecule has 3 N–H and O–H groups in total. The van der Waals surface area contributed by atoms with Crippen LogP contribution >= 0.6 is 23.4 Å². The molecule has 42 heavy (non-hydrogen) atoms. The highest BCUT2D eigenvalue weighted by molar-refractivity contribution is 7.99. The number of pyridine rings is 1. The van der Waals surface area contributed by atoms with Crippen LogP contribution in [-0.4, -0.2) is 63.6 Å². The number of hydrogen-bond acceptors (Lipinski definition) is 8. The highest BCUT2D eigenvalue weighted by Gasteiger charge is 2.39. The normalized spacial score (nSPS) is 14.8. The summed E-state index contributed by atoms with van der Waals surface area (Å²) in [5.41, 5.74) is 2.43. The minimum absolute atomic E-state index is 0.0289. The van der Waals surface area contributed by atoms with E-state index >= 15 is 0 Å². The number of benzene rings is 1. The first-order valence-electron chi connectivity index (χ1n) is 14.4. The number of nitrogens with zero attached hydrogens (tertiary/aromatic N) is 4. The molecule has 228 valence electrons. The van der Waals surface area contributed by atoms with Crippen LogP contribution in [0.25, 0.3) is 11.3 Å². The number of thioether (sulfide) groups is 1. The number of hydrogen-bond donors (Lipinski definition) is 3. The molecule has 1 unspecified atom stereocenters. The molecule has 1 saturated heterocycles. The summed E-state index contributed by atoms with van der Waals surface area (Å²) in [4.78, 5) is 18.2. The quantitative estimate of drug-likeness (QED) is 0.183. The van der Waals surface area contributed by atoms with E-state index in [2.05, 4.69) is 58.5 Å². The SMILES string of the molecule is CCC(=O)Nc1cc(Nc2cc(-c3cc(Cl)ccc3F)nnc2SCCO)ccn1.CCC(C)CC1(CC)CN(C)C1. The topological polar surface area (TPSA) is 103 Å². The largest absolute Gasteiger partial charge is 0.396 e. The number of halogens is 2. The van der Waals surface area contributed by atoms with Crippen LogP contribution in [0.15, 0.2) is 47.6 Å². The Morgan fingerprint density at radius 3 is 2.60 bits per heavy atom. The number of carbonyl (C=O) groups is 1. The number of likely N-dealkylation sites (tertiary alicyclic amines) is 1. The monoisotopic (exact) mass is 616 g/mol. The van der Waals surface area contributed by atoms with Gasteiger partial charge in [0.1, 0.15) is 16.7 Å². The van der Waals surface area contributed by atoms with Gasteiger partial charge in [0, 0.05) is 53.8 Å². The number of rotatable bonds is 12. The molecule has 2 aromatic heterocycles. The molecule has 1 fully saturated rings. The Morgan fingerprint density at radius 2 is 1.95 bits per heavy atom. The summed E-state index contributed by atoms with van der Waals surface area (Å²) in [6.45, 7) is 11.4. The van der Waals surface area contributed by atoms with Crippen LogP contribution in [0.1, 0.15) is 53.4 Å². The van der Waals surface area contributed by atoms with Crippen LogP contribution in [0.2, 0.25) is 5.02 Å². The zero-order valence-electron chi connectivity index (χ0n) is 25.1. The highest BCUT2D eigenvalue weighted by atomic mass is 35.5. The van der Waals surface area contributed by atoms with Crippen molar-refractivity contribution in [2.75, 3.05) is 43.1 Å². The Bertz CT molecular complexity index is 1320. The second-order valence-corrected chi connectivity index (χ2v) is 12.4. The summed E-state index contributed by atoms with van der Waals surface area (Å²) in [6.07, 6.45) is 6.03. The standard InChI is InChI=1S/C20H19ClFN5O2S.C11H23N/c1-2-19(29)25-18-10-13(5-6-23-18)24-17-11-16(26-27-20(17)30-8-7-28)14-9-12(21)3-4-15(14)22;1-5-10(3)7-11(6-2)8-12(4)9-11/h3-6,9-11,28H,2,7-8H2,1H3,(H2,23,24,25,26,29);10H,5-9H2,1-4H3. The predicted octanol–water partition coefficient (Wildman–Crippen LogP) is 7.27. The number of nitrogens with one attached hydrogen (secondary N) is 2. The lowest BCUT2D eigenvalue weighted by Crippen LogP contribution is -2.54. The maximum atomic E-state index is 14.3. The van der Waals surface area contributed by atoms with E-state index in [4.69, 9.17) is 16.7 Å². The molecular weight excluding hydrogens is 575 g/mol. The van der Waals surface area contributed by atoms with Crippen LogP contribution in [0.3, 0.4) is 0 Å². The van der Waals surface area contributed by atoms with Crippen LogP contribution in [-0.2, 0) is 4.79 Å². The van der Waals surface area contributed by atoms with Crippen molar-refractivity contribution >= 4 is 46.5 Å². The summed E-state index contributed by atoms with van der Waals surface area (Å²) in [5.74, 6) is 1.12. The van der Waals surface area contributed by atoms with Gasteiger partial charge in [-0.15, -0.1) is 22.0 Å². The molecule has 3 aromatic rings. The molecule has 1 aromatic carbocycles. The molecule has 0 aliphatic carbocycles. The Hall–Kier alpha value is -2.79. The first-order valence-corrected chi connectivity index (χ1v) is 15.8. The Balaban J connectivity index is 0.000000337. The van der Waals surface area contributed by atoms with Gasteiger partial charge in [0.05, 0.1) is 18.0 Å². The Labute approximate surface area is 257 Å². The summed E-state index contributed by atoms with van der Waals surface area (Å²) in [5, 5.41) is 24.3. The molecule has 1 atom stereocenters. The van der Waals surface area contributed by atoms with Gasteiger partial charge in [0.25, 0.3) is 0 Å². The molecule has 3 heterocycles. The molecule has 0 spiro atoms. The van der Waals surface area contributed by atoms with Gasteiger partial charge in [-0.3, -0.25) is 4.79 Å². The first-order chi connectivity index (χ1) is 20.1. The molecule has 1 amide bonds. The first kappa shape index (κ1) is 33.7. The third-order valence-electron chi connectivity index (χ3n) is 7.36. The Kier molecular flexibility index (Phi) is 13.0. The fraction of sp³-hybridized carbons (Fsp3) is 0.484. The number of aliphatic hydroxyl groups is 1. The minimum atomic E-state index is -0.469. The van der Waals surface area contributed by atoms with Crippen molar-refractivity contribution in [3.8, 4) is 11.3 Å². The zero-order chi connectivity index (χ0) is 30.7. The molecule has 0 saturated carbocycles. The van der Waals surface area contributed by atoms with Crippen molar-refractivity contribution in [2.45, 2.75) is 58.4 Å². The lowest BCUT2D eigenvalue weighted by Gasteiger charge is -2.49. The number of anilines is 3. The van der Waals surface area contributed by atoms with Crippen molar-refractivity contribution in [3.63, 3.8) is 0 Å². The number of aliphatic hydroxyl groups excluding tert-OH is 1. The summed E-state index contributed by atoms with van der Waals surface area (Å²) in [7, 11) is 2.23. The van der Waals surface area contributed by atoms with Crippen molar-refractivity contribution in [2.24, 2.45) is 11.3 Å². The lowest BCUT2D eigenvalue weighted by atomic mass is 9.71. The molecule has 0 radical (unpaired) electrons. The van der Waals surface area contributed by atoms with Gasteiger partial charge in [0.2, 0.25) is 5.91 Å². The second kappa shape index (κ2) is 16.2. The van der Waals surface area contributed by atoms with Crippen LogP contribution < -0.4 is 10.6 Å². The summed E-state index contributed by atoms with van der Waals surface area (Å²) in [6, 6.07) is 9.27. The minimum Gasteiger partial charge on any atom is -0.396 e. The van der Waals surface area contributed by atoms with Gasteiger partial charge < -0.3 is 20.6 Å². The van der Waals surface area contributed by atoms with E-state index in [0.29, 0.717) is 50.5 Å². The predicted molar refractivity (Wildman–Crippen MR) is 171 cm³/mol. The average molecular weight is 617 g/mol. The van der Waals surface area contributed by atoms with Gasteiger partial charge in [-0.1, -0.05) is 45.7 Å². The average Bonchev–Trinajstić information content (AvgIpc) is 2.97. The Morgan fingerprint density at radius 1 is 1.19 bits per heavy atom. The van der Waals surface area contributed by atoms with Crippen molar-refractivity contribution in [1.82, 2.24) is 20.1 Å². The van der Waals surface area contributed by atoms with E-state index in [-0.39, 0.29) is 18.1 Å². The molecule has 4 rings (SSSR count). The lowest BCUT2D eigenvalue weighted by molar-refractivity contribution is -0.115. The molecular formula is C31H42ClFN6O2S. The van der Waals surface area contributed by atoms with Crippen molar-refractivity contribution in [1.29, 1.82) is 0 Å². The third kappa shape index (κ3) is 9.62. The molecule has 8 nitrogen and oxygen atoms in total. The van der Waals surface area contributed by atoms with Gasteiger partial charge in [-0.25, -0.2) is 9.37 Å². The van der Waals surface area contributed by atoms with Crippen LogP contribution in [0.5, 0.6) is 0 Å². The summed E-state index contributed by atoms with van der Waals surface area (Å²) < 4.78 is 14.3.